The molecule has 0 aromatic carbocycles. The van der Waals surface area contributed by atoms with Crippen molar-refractivity contribution in [3.05, 3.63) is 17.4 Å². The third-order valence-electron chi connectivity index (χ3n) is 2.67. The zero-order valence-corrected chi connectivity index (χ0v) is 9.27. The van der Waals surface area contributed by atoms with Gasteiger partial charge in [0, 0.05) is 24.9 Å². The number of hydrogen-bond acceptors (Lipinski definition) is 3. The molecular weight excluding hydrogens is 236 g/mol. The Morgan fingerprint density at radius 2 is 2.31 bits per heavy atom. The molecule has 1 aromatic rings. The summed E-state index contributed by atoms with van der Waals surface area (Å²) in [6, 6.07) is 1.25. The maximum absolute atomic E-state index is 13.0. The van der Waals surface area contributed by atoms with Crippen LogP contribution in [0.15, 0.2) is 12.3 Å². The van der Waals surface area contributed by atoms with Crippen LogP contribution in [0.1, 0.15) is 19.3 Å². The van der Waals surface area contributed by atoms with E-state index in [9.17, 15) is 8.78 Å². The van der Waals surface area contributed by atoms with Crippen LogP contribution in [0.4, 0.5) is 20.2 Å². The maximum atomic E-state index is 13.0. The number of pyridine rings is 1. The Morgan fingerprint density at radius 1 is 1.56 bits per heavy atom. The number of halogens is 3. The summed E-state index contributed by atoms with van der Waals surface area (Å²) in [5.41, 5.74) is 6.68. The minimum absolute atomic E-state index is 0.0778. The van der Waals surface area contributed by atoms with Crippen LogP contribution >= 0.6 is 11.6 Å². The van der Waals surface area contributed by atoms with Gasteiger partial charge in [0.2, 0.25) is 5.92 Å². The largest absolute Gasteiger partial charge is 0.397 e. The van der Waals surface area contributed by atoms with Gasteiger partial charge in [0.15, 0.2) is 0 Å². The quantitative estimate of drug-likeness (QED) is 0.790. The fraction of sp³-hybridized carbons (Fsp3) is 0.500. The highest BCUT2D eigenvalue weighted by molar-refractivity contribution is 6.29. The first-order valence-corrected chi connectivity index (χ1v) is 5.39. The number of nitrogens with two attached hydrogens (primary N) is 1. The fourth-order valence-corrected chi connectivity index (χ4v) is 2.02. The number of nitrogen functional groups attached to an aromatic ring is 1. The summed E-state index contributed by atoms with van der Waals surface area (Å²) >= 11 is 5.64. The van der Waals surface area contributed by atoms with Crippen LogP contribution in [0.2, 0.25) is 5.15 Å². The number of hydrogen-bond donors (Lipinski definition) is 2. The molecule has 0 aliphatic heterocycles. The van der Waals surface area contributed by atoms with Gasteiger partial charge in [-0.3, -0.25) is 0 Å². The van der Waals surface area contributed by atoms with Gasteiger partial charge >= 0.3 is 0 Å². The summed E-state index contributed by atoms with van der Waals surface area (Å²) in [6.45, 7) is 0. The summed E-state index contributed by atoms with van der Waals surface area (Å²) in [5, 5.41) is 3.26. The van der Waals surface area contributed by atoms with Crippen LogP contribution < -0.4 is 11.1 Å². The van der Waals surface area contributed by atoms with Crippen molar-refractivity contribution in [2.24, 2.45) is 0 Å². The number of alkyl halides is 2. The highest BCUT2D eigenvalue weighted by Crippen LogP contribution is 2.36. The van der Waals surface area contributed by atoms with Crippen molar-refractivity contribution in [2.75, 3.05) is 11.1 Å². The fourth-order valence-electron chi connectivity index (χ4n) is 1.86. The number of rotatable bonds is 2. The zero-order valence-electron chi connectivity index (χ0n) is 8.51. The molecular formula is C10H12ClF2N3. The molecule has 1 atom stereocenters. The molecule has 0 spiro atoms. The highest BCUT2D eigenvalue weighted by atomic mass is 35.5. The molecule has 0 radical (unpaired) electrons. The van der Waals surface area contributed by atoms with E-state index in [1.165, 1.54) is 12.3 Å². The van der Waals surface area contributed by atoms with Gasteiger partial charge in [-0.05, 0) is 6.42 Å². The van der Waals surface area contributed by atoms with E-state index in [0.717, 1.165) is 0 Å². The molecule has 1 unspecified atom stereocenters. The van der Waals surface area contributed by atoms with E-state index in [4.69, 9.17) is 17.3 Å². The Balaban J connectivity index is 2.05. The first-order chi connectivity index (χ1) is 7.46. The van der Waals surface area contributed by atoms with Crippen LogP contribution in [0, 0.1) is 0 Å². The molecule has 6 heteroatoms. The van der Waals surface area contributed by atoms with Crippen LogP contribution in [-0.2, 0) is 0 Å². The van der Waals surface area contributed by atoms with Crippen molar-refractivity contribution >= 4 is 23.0 Å². The number of nitrogens with one attached hydrogen (secondary N) is 1. The van der Waals surface area contributed by atoms with Gasteiger partial charge in [0.25, 0.3) is 0 Å². The van der Waals surface area contributed by atoms with Crippen molar-refractivity contribution in [1.82, 2.24) is 4.98 Å². The van der Waals surface area contributed by atoms with Gasteiger partial charge in [-0.1, -0.05) is 11.6 Å². The van der Waals surface area contributed by atoms with E-state index in [1.54, 1.807) is 0 Å². The lowest BCUT2D eigenvalue weighted by atomic mass is 10.2. The standard InChI is InChI=1S/C10H12ClF2N3/c11-9-3-7(14)8(5-15-9)16-6-1-2-10(12,13)4-6/h3,5-6,16H,1-2,4H2,(H2,14,15). The minimum Gasteiger partial charge on any atom is -0.397 e. The molecule has 1 aliphatic rings. The van der Waals surface area contributed by atoms with E-state index in [2.05, 4.69) is 10.3 Å². The molecule has 0 saturated heterocycles. The van der Waals surface area contributed by atoms with Crippen molar-refractivity contribution in [1.29, 1.82) is 0 Å². The predicted octanol–water partition coefficient (Wildman–Crippen LogP) is 2.92. The smallest absolute Gasteiger partial charge is 0.250 e. The molecule has 1 heterocycles. The van der Waals surface area contributed by atoms with E-state index in [1.807, 2.05) is 0 Å². The molecule has 88 valence electrons. The summed E-state index contributed by atoms with van der Waals surface area (Å²) in [5.74, 6) is -2.56. The SMILES string of the molecule is Nc1cc(Cl)ncc1NC1CCC(F)(F)C1. The molecule has 3 nitrogen and oxygen atoms in total. The third-order valence-corrected chi connectivity index (χ3v) is 2.87. The summed E-state index contributed by atoms with van der Waals surface area (Å²) in [6.07, 6.45) is 1.67. The van der Waals surface area contributed by atoms with Gasteiger partial charge in [0.05, 0.1) is 17.6 Å². The predicted molar refractivity (Wildman–Crippen MR) is 59.9 cm³/mol. The van der Waals surface area contributed by atoms with Crippen molar-refractivity contribution < 1.29 is 8.78 Å². The van der Waals surface area contributed by atoms with Crippen LogP contribution in [0.5, 0.6) is 0 Å². The lowest BCUT2D eigenvalue weighted by Crippen LogP contribution is -2.19. The van der Waals surface area contributed by atoms with Gasteiger partial charge < -0.3 is 11.1 Å². The van der Waals surface area contributed by atoms with Gasteiger partial charge in [0.1, 0.15) is 5.15 Å². The first-order valence-electron chi connectivity index (χ1n) is 5.02. The van der Waals surface area contributed by atoms with Gasteiger partial charge in [-0.15, -0.1) is 0 Å². The number of anilines is 2. The summed E-state index contributed by atoms with van der Waals surface area (Å²) in [7, 11) is 0. The number of aromatic nitrogens is 1. The molecule has 0 bridgehead atoms. The molecule has 0 amide bonds. The molecule has 2 rings (SSSR count). The monoisotopic (exact) mass is 247 g/mol. The van der Waals surface area contributed by atoms with Crippen molar-refractivity contribution in [3.63, 3.8) is 0 Å². The average molecular weight is 248 g/mol. The summed E-state index contributed by atoms with van der Waals surface area (Å²) in [4.78, 5) is 3.85. The molecule has 16 heavy (non-hydrogen) atoms. The zero-order chi connectivity index (χ0) is 11.8. The molecule has 3 N–H and O–H groups in total. The normalized spacial score (nSPS) is 23.3. The minimum atomic E-state index is -2.56. The highest BCUT2D eigenvalue weighted by Gasteiger charge is 2.39. The number of nitrogens with zero attached hydrogens (tertiary/aromatic N) is 1. The topological polar surface area (TPSA) is 50.9 Å². The molecule has 1 aromatic heterocycles. The second-order valence-corrected chi connectivity index (χ2v) is 4.42. The molecule has 1 fully saturated rings. The third kappa shape index (κ3) is 2.52. The second-order valence-electron chi connectivity index (χ2n) is 4.03. The van der Waals surface area contributed by atoms with Gasteiger partial charge in [-0.2, -0.15) is 0 Å². The lowest BCUT2D eigenvalue weighted by molar-refractivity contribution is 0.00852. The lowest BCUT2D eigenvalue weighted by Gasteiger charge is -2.15. The Kier molecular flexibility index (Phi) is 2.88. The van der Waals surface area contributed by atoms with E-state index in [0.29, 0.717) is 22.9 Å². The van der Waals surface area contributed by atoms with Crippen molar-refractivity contribution in [2.45, 2.75) is 31.2 Å². The van der Waals surface area contributed by atoms with E-state index in [-0.39, 0.29) is 18.9 Å². The second kappa shape index (κ2) is 4.05. The Morgan fingerprint density at radius 3 is 2.88 bits per heavy atom. The Bertz CT molecular complexity index is 398. The molecule has 1 aliphatic carbocycles. The summed E-state index contributed by atoms with van der Waals surface area (Å²) < 4.78 is 25.9. The van der Waals surface area contributed by atoms with E-state index >= 15 is 0 Å². The molecule has 1 saturated carbocycles. The first kappa shape index (κ1) is 11.4. The Labute approximate surface area is 97.0 Å². The average Bonchev–Trinajstić information content (AvgIpc) is 2.51. The van der Waals surface area contributed by atoms with Gasteiger partial charge in [-0.25, -0.2) is 13.8 Å². The van der Waals surface area contributed by atoms with Crippen LogP contribution in [-0.4, -0.2) is 16.9 Å². The maximum Gasteiger partial charge on any atom is 0.250 e. The van der Waals surface area contributed by atoms with Crippen LogP contribution in [0.3, 0.4) is 0 Å². The van der Waals surface area contributed by atoms with Crippen LogP contribution in [0.25, 0.3) is 0 Å². The Hall–Kier alpha value is -1.10. The van der Waals surface area contributed by atoms with Crippen molar-refractivity contribution in [3.8, 4) is 0 Å². The van der Waals surface area contributed by atoms with E-state index < -0.39 is 5.92 Å².